The summed E-state index contributed by atoms with van der Waals surface area (Å²) in [6.07, 6.45) is 6.07. The number of hydrogen-bond acceptors (Lipinski definition) is 2. The van der Waals surface area contributed by atoms with E-state index in [2.05, 4.69) is 12.2 Å². The molecule has 1 saturated heterocycles. The molecule has 2 bridgehead atoms. The van der Waals surface area contributed by atoms with Crippen molar-refractivity contribution < 1.29 is 4.74 Å². The van der Waals surface area contributed by atoms with Crippen LogP contribution in [0.25, 0.3) is 0 Å². The first-order valence-electron chi connectivity index (χ1n) is 6.54. The van der Waals surface area contributed by atoms with E-state index < -0.39 is 0 Å². The molecule has 3 aliphatic rings. The van der Waals surface area contributed by atoms with Crippen LogP contribution < -0.4 is 5.32 Å². The molecule has 2 saturated carbocycles. The van der Waals surface area contributed by atoms with Gasteiger partial charge in [-0.05, 0) is 43.6 Å². The van der Waals surface area contributed by atoms with Gasteiger partial charge < -0.3 is 10.1 Å². The Morgan fingerprint density at radius 2 is 2.13 bits per heavy atom. The molecule has 0 spiro atoms. The standard InChI is InChI=1S/C13H23NO/c1-13(8-15-9-13)7-14-6-12-5-10-2-3-11(12)4-10/h10-12,14H,2-9H2,1H3. The lowest BCUT2D eigenvalue weighted by Gasteiger charge is -2.38. The summed E-state index contributed by atoms with van der Waals surface area (Å²) in [4.78, 5) is 0. The molecule has 1 heterocycles. The van der Waals surface area contributed by atoms with Crippen molar-refractivity contribution in [1.82, 2.24) is 5.32 Å². The van der Waals surface area contributed by atoms with Crippen molar-refractivity contribution in [2.24, 2.45) is 23.2 Å². The van der Waals surface area contributed by atoms with E-state index in [0.29, 0.717) is 5.41 Å². The van der Waals surface area contributed by atoms with Gasteiger partial charge in [0.15, 0.2) is 0 Å². The molecule has 3 unspecified atom stereocenters. The Morgan fingerprint density at radius 3 is 2.67 bits per heavy atom. The van der Waals surface area contributed by atoms with Crippen molar-refractivity contribution in [3.63, 3.8) is 0 Å². The SMILES string of the molecule is CC1(CNCC2CC3CCC2C3)COC1. The lowest BCUT2D eigenvalue weighted by molar-refractivity contribution is -0.0993. The molecule has 0 aromatic carbocycles. The zero-order valence-electron chi connectivity index (χ0n) is 9.80. The molecule has 3 fully saturated rings. The summed E-state index contributed by atoms with van der Waals surface area (Å²) >= 11 is 0. The number of nitrogens with one attached hydrogen (secondary N) is 1. The maximum Gasteiger partial charge on any atom is 0.0554 e. The second kappa shape index (κ2) is 3.74. The molecule has 1 N–H and O–H groups in total. The van der Waals surface area contributed by atoms with E-state index in [1.54, 1.807) is 0 Å². The molecule has 3 atom stereocenters. The van der Waals surface area contributed by atoms with E-state index in [1.165, 1.54) is 32.2 Å². The van der Waals surface area contributed by atoms with Crippen LogP contribution in [0, 0.1) is 23.2 Å². The first-order chi connectivity index (χ1) is 7.25. The van der Waals surface area contributed by atoms with Gasteiger partial charge in [0.25, 0.3) is 0 Å². The fourth-order valence-electron chi connectivity index (χ4n) is 3.74. The molecular weight excluding hydrogens is 186 g/mol. The van der Waals surface area contributed by atoms with Crippen LogP contribution in [0.2, 0.25) is 0 Å². The second-order valence-corrected chi connectivity index (χ2v) is 6.37. The molecule has 1 aliphatic heterocycles. The molecule has 15 heavy (non-hydrogen) atoms. The van der Waals surface area contributed by atoms with Crippen molar-refractivity contribution in [3.8, 4) is 0 Å². The number of rotatable bonds is 4. The molecular formula is C13H23NO. The van der Waals surface area contributed by atoms with Crippen LogP contribution >= 0.6 is 0 Å². The van der Waals surface area contributed by atoms with Crippen molar-refractivity contribution in [1.29, 1.82) is 0 Å². The third-order valence-electron chi connectivity index (χ3n) is 4.74. The predicted octanol–water partition coefficient (Wildman–Crippen LogP) is 2.05. The van der Waals surface area contributed by atoms with Crippen LogP contribution in [-0.4, -0.2) is 26.3 Å². The lowest BCUT2D eigenvalue weighted by atomic mass is 9.86. The summed E-state index contributed by atoms with van der Waals surface area (Å²) in [7, 11) is 0. The highest BCUT2D eigenvalue weighted by atomic mass is 16.5. The van der Waals surface area contributed by atoms with Crippen LogP contribution in [0.5, 0.6) is 0 Å². The van der Waals surface area contributed by atoms with Gasteiger partial charge in [0, 0.05) is 12.0 Å². The minimum Gasteiger partial charge on any atom is -0.380 e. The minimum absolute atomic E-state index is 0.442. The Labute approximate surface area is 92.8 Å². The molecule has 0 amide bonds. The normalized spacial score (nSPS) is 41.8. The summed E-state index contributed by atoms with van der Waals surface area (Å²) in [5.74, 6) is 3.14. The maximum atomic E-state index is 5.27. The van der Waals surface area contributed by atoms with E-state index in [-0.39, 0.29) is 0 Å². The van der Waals surface area contributed by atoms with Gasteiger partial charge >= 0.3 is 0 Å². The second-order valence-electron chi connectivity index (χ2n) is 6.37. The summed E-state index contributed by atoms with van der Waals surface area (Å²) in [5, 5.41) is 3.67. The Morgan fingerprint density at radius 1 is 1.27 bits per heavy atom. The average Bonchev–Trinajstić information content (AvgIpc) is 2.76. The molecule has 3 rings (SSSR count). The number of ether oxygens (including phenoxy) is 1. The molecule has 2 aliphatic carbocycles. The van der Waals surface area contributed by atoms with E-state index in [1.807, 2.05) is 0 Å². The number of hydrogen-bond donors (Lipinski definition) is 1. The molecule has 2 heteroatoms. The maximum absolute atomic E-state index is 5.27. The van der Waals surface area contributed by atoms with Gasteiger partial charge in [0.1, 0.15) is 0 Å². The van der Waals surface area contributed by atoms with Crippen LogP contribution in [0.4, 0.5) is 0 Å². The van der Waals surface area contributed by atoms with E-state index >= 15 is 0 Å². The quantitative estimate of drug-likeness (QED) is 0.765. The molecule has 0 aromatic rings. The van der Waals surface area contributed by atoms with Gasteiger partial charge in [-0.25, -0.2) is 0 Å². The van der Waals surface area contributed by atoms with Gasteiger partial charge in [0.05, 0.1) is 13.2 Å². The Bertz CT molecular complexity index is 237. The van der Waals surface area contributed by atoms with Crippen molar-refractivity contribution in [2.75, 3.05) is 26.3 Å². The lowest BCUT2D eigenvalue weighted by Crippen LogP contribution is -2.48. The largest absolute Gasteiger partial charge is 0.380 e. The molecule has 2 nitrogen and oxygen atoms in total. The van der Waals surface area contributed by atoms with Gasteiger partial charge in [-0.2, -0.15) is 0 Å². The summed E-state index contributed by atoms with van der Waals surface area (Å²) in [5.41, 5.74) is 0.442. The monoisotopic (exact) mass is 209 g/mol. The zero-order valence-corrected chi connectivity index (χ0v) is 9.80. The van der Waals surface area contributed by atoms with Gasteiger partial charge in [0.2, 0.25) is 0 Å². The fourth-order valence-corrected chi connectivity index (χ4v) is 3.74. The van der Waals surface area contributed by atoms with Crippen LogP contribution in [-0.2, 0) is 4.74 Å². The topological polar surface area (TPSA) is 21.3 Å². The summed E-state index contributed by atoms with van der Waals surface area (Å²) < 4.78 is 5.27. The van der Waals surface area contributed by atoms with Crippen molar-refractivity contribution in [2.45, 2.75) is 32.6 Å². The molecule has 0 radical (unpaired) electrons. The van der Waals surface area contributed by atoms with Crippen LogP contribution in [0.3, 0.4) is 0 Å². The Balaban J connectivity index is 1.39. The van der Waals surface area contributed by atoms with Crippen LogP contribution in [0.15, 0.2) is 0 Å². The van der Waals surface area contributed by atoms with Gasteiger partial charge in [-0.3, -0.25) is 0 Å². The highest BCUT2D eigenvalue weighted by molar-refractivity contribution is 4.91. The zero-order chi connectivity index (χ0) is 10.3. The smallest absolute Gasteiger partial charge is 0.0554 e. The van der Waals surface area contributed by atoms with Gasteiger partial charge in [-0.1, -0.05) is 13.3 Å². The summed E-state index contributed by atoms with van der Waals surface area (Å²) in [6, 6.07) is 0. The van der Waals surface area contributed by atoms with E-state index in [0.717, 1.165) is 37.5 Å². The molecule has 0 aromatic heterocycles. The van der Waals surface area contributed by atoms with Crippen molar-refractivity contribution >= 4 is 0 Å². The Kier molecular flexibility index (Phi) is 2.52. The van der Waals surface area contributed by atoms with Gasteiger partial charge in [-0.15, -0.1) is 0 Å². The van der Waals surface area contributed by atoms with Crippen LogP contribution in [0.1, 0.15) is 32.6 Å². The fraction of sp³-hybridized carbons (Fsp3) is 1.00. The van der Waals surface area contributed by atoms with Crippen molar-refractivity contribution in [3.05, 3.63) is 0 Å². The number of fused-ring (bicyclic) bond motifs is 2. The van der Waals surface area contributed by atoms with E-state index in [9.17, 15) is 0 Å². The minimum atomic E-state index is 0.442. The predicted molar refractivity (Wildman–Crippen MR) is 60.7 cm³/mol. The molecule has 86 valence electrons. The Hall–Kier alpha value is -0.0800. The first kappa shape index (κ1) is 10.1. The summed E-state index contributed by atoms with van der Waals surface area (Å²) in [6.45, 7) is 6.65. The highest BCUT2D eigenvalue weighted by Crippen LogP contribution is 2.47. The highest BCUT2D eigenvalue weighted by Gasteiger charge is 2.39. The van der Waals surface area contributed by atoms with E-state index in [4.69, 9.17) is 4.74 Å². The average molecular weight is 209 g/mol. The third-order valence-corrected chi connectivity index (χ3v) is 4.74. The first-order valence-corrected chi connectivity index (χ1v) is 6.54. The third kappa shape index (κ3) is 1.94.